The molecule has 2 fully saturated rings. The predicted molar refractivity (Wildman–Crippen MR) is 80.7 cm³/mol. The highest BCUT2D eigenvalue weighted by atomic mass is 79.9. The number of nitrogens with one attached hydrogen (secondary N) is 2. The number of halogens is 1. The first-order valence-corrected chi connectivity index (χ1v) is 7.94. The zero-order valence-electron chi connectivity index (χ0n) is 11.3. The summed E-state index contributed by atoms with van der Waals surface area (Å²) >= 11 is 3.48. The number of carbonyl (C=O) groups excluding carboxylic acids is 1. The van der Waals surface area contributed by atoms with Gasteiger partial charge in [-0.2, -0.15) is 0 Å². The van der Waals surface area contributed by atoms with Crippen molar-refractivity contribution in [2.45, 2.75) is 44.3 Å². The van der Waals surface area contributed by atoms with Crippen LogP contribution in [0.15, 0.2) is 22.7 Å². The van der Waals surface area contributed by atoms with Gasteiger partial charge in [0.1, 0.15) is 5.75 Å². The zero-order valence-corrected chi connectivity index (χ0v) is 12.9. The van der Waals surface area contributed by atoms with Crippen molar-refractivity contribution in [2.75, 3.05) is 6.61 Å². The second kappa shape index (κ2) is 6.14. The Bertz CT molecular complexity index is 499. The highest BCUT2D eigenvalue weighted by molar-refractivity contribution is 9.10. The maximum atomic E-state index is 11.7. The number of benzene rings is 1. The number of hydrogen-bond donors (Lipinski definition) is 2. The van der Waals surface area contributed by atoms with E-state index in [1.165, 1.54) is 12.8 Å². The summed E-state index contributed by atoms with van der Waals surface area (Å²) in [5.74, 6) is 0.754. The van der Waals surface area contributed by atoms with E-state index in [9.17, 15) is 4.79 Å². The quantitative estimate of drug-likeness (QED) is 0.802. The summed E-state index contributed by atoms with van der Waals surface area (Å²) in [4.78, 5) is 11.7. The fourth-order valence-electron chi connectivity index (χ4n) is 2.01. The molecule has 2 saturated carbocycles. The first-order valence-electron chi connectivity index (χ1n) is 7.14. The lowest BCUT2D eigenvalue weighted by Gasteiger charge is -2.12. The first-order chi connectivity index (χ1) is 9.70. The zero-order chi connectivity index (χ0) is 13.9. The van der Waals surface area contributed by atoms with E-state index in [0.29, 0.717) is 12.1 Å². The molecule has 4 nitrogen and oxygen atoms in total. The molecule has 3 rings (SSSR count). The molecule has 0 radical (unpaired) electrons. The largest absolute Gasteiger partial charge is 0.483 e. The minimum Gasteiger partial charge on any atom is -0.483 e. The minimum absolute atomic E-state index is 0.0310. The maximum Gasteiger partial charge on any atom is 0.258 e. The van der Waals surface area contributed by atoms with E-state index in [1.54, 1.807) is 0 Å². The van der Waals surface area contributed by atoms with Gasteiger partial charge < -0.3 is 15.4 Å². The minimum atomic E-state index is -0.0310. The van der Waals surface area contributed by atoms with Crippen LogP contribution in [0.4, 0.5) is 0 Å². The van der Waals surface area contributed by atoms with Gasteiger partial charge in [0.15, 0.2) is 6.61 Å². The number of amides is 1. The summed E-state index contributed by atoms with van der Waals surface area (Å²) in [6.07, 6.45) is 4.71. The van der Waals surface area contributed by atoms with E-state index in [-0.39, 0.29) is 12.5 Å². The van der Waals surface area contributed by atoms with E-state index in [0.717, 1.165) is 35.2 Å². The van der Waals surface area contributed by atoms with Crippen LogP contribution in [0.25, 0.3) is 0 Å². The van der Waals surface area contributed by atoms with E-state index >= 15 is 0 Å². The lowest BCUT2D eigenvalue weighted by Crippen LogP contribution is -2.30. The van der Waals surface area contributed by atoms with Gasteiger partial charge in [-0.25, -0.2) is 0 Å². The third kappa shape index (κ3) is 4.21. The summed E-state index contributed by atoms with van der Waals surface area (Å²) < 4.78 is 6.69. The van der Waals surface area contributed by atoms with Crippen LogP contribution in [0.1, 0.15) is 31.2 Å². The maximum absolute atomic E-state index is 11.7. The van der Waals surface area contributed by atoms with Crippen molar-refractivity contribution in [3.63, 3.8) is 0 Å². The molecule has 5 heteroatoms. The van der Waals surface area contributed by atoms with Crippen LogP contribution >= 0.6 is 15.9 Å². The Morgan fingerprint density at radius 1 is 1.25 bits per heavy atom. The van der Waals surface area contributed by atoms with E-state index in [1.807, 2.05) is 18.2 Å². The third-order valence-corrected chi connectivity index (χ3v) is 3.98. The normalized spacial score (nSPS) is 17.9. The van der Waals surface area contributed by atoms with Gasteiger partial charge in [-0.3, -0.25) is 4.79 Å². The van der Waals surface area contributed by atoms with Crippen LogP contribution in [0, 0.1) is 0 Å². The molecular weight excluding hydrogens is 320 g/mol. The van der Waals surface area contributed by atoms with Crippen LogP contribution in [0.3, 0.4) is 0 Å². The summed E-state index contributed by atoms with van der Waals surface area (Å²) in [6.45, 7) is 0.873. The molecule has 1 aromatic carbocycles. The van der Waals surface area contributed by atoms with Crippen LogP contribution in [-0.2, 0) is 11.3 Å². The van der Waals surface area contributed by atoms with Gasteiger partial charge in [-0.1, -0.05) is 15.9 Å². The van der Waals surface area contributed by atoms with Crippen molar-refractivity contribution in [3.8, 4) is 5.75 Å². The Kier molecular flexibility index (Phi) is 4.27. The number of rotatable bonds is 7. The Balaban J connectivity index is 1.56. The molecule has 2 N–H and O–H groups in total. The smallest absolute Gasteiger partial charge is 0.258 e. The van der Waals surface area contributed by atoms with Gasteiger partial charge in [0.05, 0.1) is 0 Å². The third-order valence-electron chi connectivity index (χ3n) is 3.48. The topological polar surface area (TPSA) is 50.4 Å². The van der Waals surface area contributed by atoms with Gasteiger partial charge in [-0.05, 0) is 43.9 Å². The Labute approximate surface area is 127 Å². The van der Waals surface area contributed by atoms with Gasteiger partial charge in [0.25, 0.3) is 5.91 Å². The molecule has 0 spiro atoms. The second-order valence-electron chi connectivity index (χ2n) is 5.54. The molecule has 0 bridgehead atoms. The fourth-order valence-corrected chi connectivity index (χ4v) is 2.42. The van der Waals surface area contributed by atoms with Crippen molar-refractivity contribution >= 4 is 21.8 Å². The van der Waals surface area contributed by atoms with Crippen molar-refractivity contribution in [1.82, 2.24) is 10.6 Å². The molecule has 0 aliphatic heterocycles. The number of hydrogen-bond acceptors (Lipinski definition) is 3. The van der Waals surface area contributed by atoms with Crippen molar-refractivity contribution in [2.24, 2.45) is 0 Å². The van der Waals surface area contributed by atoms with Gasteiger partial charge in [-0.15, -0.1) is 0 Å². The van der Waals surface area contributed by atoms with Crippen LogP contribution in [-0.4, -0.2) is 24.6 Å². The lowest BCUT2D eigenvalue weighted by molar-refractivity contribution is -0.123. The second-order valence-corrected chi connectivity index (χ2v) is 6.45. The molecule has 2 aliphatic carbocycles. The highest BCUT2D eigenvalue weighted by Crippen LogP contribution is 2.25. The molecule has 0 unspecified atom stereocenters. The average Bonchev–Trinajstić information content (AvgIpc) is 3.30. The van der Waals surface area contributed by atoms with E-state index < -0.39 is 0 Å². The Morgan fingerprint density at radius 3 is 2.70 bits per heavy atom. The predicted octanol–water partition coefficient (Wildman–Crippen LogP) is 2.36. The van der Waals surface area contributed by atoms with Crippen LogP contribution in [0.2, 0.25) is 0 Å². The highest BCUT2D eigenvalue weighted by Gasteiger charge is 2.23. The standard InChI is InChI=1S/C15H19BrN2O2/c16-11-1-6-14(10(7-11)8-17-12-2-3-12)20-9-15(19)18-13-4-5-13/h1,6-7,12-13,17H,2-5,8-9H2,(H,18,19). The van der Waals surface area contributed by atoms with Gasteiger partial charge in [0.2, 0.25) is 0 Å². The molecule has 108 valence electrons. The average molecular weight is 339 g/mol. The molecule has 1 amide bonds. The monoisotopic (exact) mass is 338 g/mol. The Hall–Kier alpha value is -1.07. The first kappa shape index (κ1) is 13.9. The number of carbonyl (C=O) groups is 1. The van der Waals surface area contributed by atoms with E-state index in [2.05, 4.69) is 26.6 Å². The summed E-state index contributed by atoms with van der Waals surface area (Å²) in [7, 11) is 0. The van der Waals surface area contributed by atoms with E-state index in [4.69, 9.17) is 4.74 Å². The van der Waals surface area contributed by atoms with Gasteiger partial charge >= 0.3 is 0 Å². The molecule has 0 atom stereocenters. The van der Waals surface area contributed by atoms with Crippen molar-refractivity contribution < 1.29 is 9.53 Å². The summed E-state index contributed by atoms with van der Waals surface area (Å²) in [6, 6.07) is 6.93. The number of ether oxygens (including phenoxy) is 1. The molecule has 1 aromatic rings. The molecular formula is C15H19BrN2O2. The van der Waals surface area contributed by atoms with Crippen molar-refractivity contribution in [3.05, 3.63) is 28.2 Å². The van der Waals surface area contributed by atoms with Crippen LogP contribution in [0.5, 0.6) is 5.75 Å². The summed E-state index contributed by atoms with van der Waals surface area (Å²) in [5.41, 5.74) is 1.09. The lowest BCUT2D eigenvalue weighted by atomic mass is 10.2. The molecule has 0 saturated heterocycles. The van der Waals surface area contributed by atoms with Gasteiger partial charge in [0, 0.05) is 28.7 Å². The SMILES string of the molecule is O=C(COc1ccc(Br)cc1CNC1CC1)NC1CC1. The molecule has 0 heterocycles. The van der Waals surface area contributed by atoms with Crippen LogP contribution < -0.4 is 15.4 Å². The molecule has 20 heavy (non-hydrogen) atoms. The fraction of sp³-hybridized carbons (Fsp3) is 0.533. The summed E-state index contributed by atoms with van der Waals surface area (Å²) in [5, 5.41) is 6.40. The molecule has 2 aliphatic rings. The molecule has 0 aromatic heterocycles. The Morgan fingerprint density at radius 2 is 2.00 bits per heavy atom. The van der Waals surface area contributed by atoms with Crippen molar-refractivity contribution in [1.29, 1.82) is 0 Å².